The summed E-state index contributed by atoms with van der Waals surface area (Å²) < 4.78 is 5.80. The number of benzene rings is 2. The van der Waals surface area contributed by atoms with Crippen molar-refractivity contribution in [2.45, 2.75) is 33.2 Å². The smallest absolute Gasteiger partial charge is 0.191 e. The van der Waals surface area contributed by atoms with Gasteiger partial charge in [-0.25, -0.2) is 4.99 Å². The van der Waals surface area contributed by atoms with Gasteiger partial charge in [0.2, 0.25) is 0 Å². The minimum absolute atomic E-state index is 0. The first kappa shape index (κ1) is 23.8. The second-order valence-electron chi connectivity index (χ2n) is 6.66. The van der Waals surface area contributed by atoms with Crippen LogP contribution in [0.4, 0.5) is 0 Å². The van der Waals surface area contributed by atoms with Gasteiger partial charge in [-0.15, -0.1) is 24.0 Å². The third-order valence-corrected chi connectivity index (χ3v) is 4.33. The van der Waals surface area contributed by atoms with Gasteiger partial charge in [-0.05, 0) is 35.7 Å². The summed E-state index contributed by atoms with van der Waals surface area (Å²) >= 11 is 0. The van der Waals surface area contributed by atoms with Gasteiger partial charge in [-0.2, -0.15) is 0 Å². The van der Waals surface area contributed by atoms with Crippen molar-refractivity contribution in [1.29, 1.82) is 0 Å². The van der Waals surface area contributed by atoms with Crippen LogP contribution in [0.1, 0.15) is 29.3 Å². The Labute approximate surface area is 196 Å². The van der Waals surface area contributed by atoms with Gasteiger partial charge in [0.25, 0.3) is 0 Å². The molecule has 0 aliphatic heterocycles. The number of rotatable bonds is 9. The highest BCUT2D eigenvalue weighted by Gasteiger charge is 2.00. The average molecular weight is 516 g/mol. The zero-order chi connectivity index (χ0) is 20.2. The lowest BCUT2D eigenvalue weighted by Crippen LogP contribution is -2.36. The number of hydrogen-bond acceptors (Lipinski definition) is 3. The first-order chi connectivity index (χ1) is 14.3. The number of pyridine rings is 1. The van der Waals surface area contributed by atoms with Crippen molar-refractivity contribution < 1.29 is 4.74 Å². The number of nitrogens with zero attached hydrogens (tertiary/aromatic N) is 2. The molecule has 0 amide bonds. The van der Waals surface area contributed by atoms with Crippen LogP contribution in [-0.4, -0.2) is 17.5 Å². The Bertz CT molecular complexity index is 871. The third-order valence-electron chi connectivity index (χ3n) is 4.33. The molecule has 30 heavy (non-hydrogen) atoms. The minimum Gasteiger partial charge on any atom is -0.372 e. The fraction of sp³-hybridized carbons (Fsp3) is 0.250. The molecule has 0 radical (unpaired) electrons. The number of aliphatic imine (C=N–C) groups is 1. The summed E-state index contributed by atoms with van der Waals surface area (Å²) in [6.45, 7) is 5.36. The van der Waals surface area contributed by atoms with E-state index in [1.54, 1.807) is 6.20 Å². The molecule has 3 rings (SSSR count). The van der Waals surface area contributed by atoms with Crippen molar-refractivity contribution in [1.82, 2.24) is 15.6 Å². The molecule has 6 heteroatoms. The minimum atomic E-state index is 0. The molecule has 0 atom stereocenters. The summed E-state index contributed by atoms with van der Waals surface area (Å²) in [7, 11) is 0. The molecule has 0 aliphatic rings. The highest BCUT2D eigenvalue weighted by Crippen LogP contribution is 2.09. The molecule has 0 spiro atoms. The third kappa shape index (κ3) is 8.51. The fourth-order valence-electron chi connectivity index (χ4n) is 2.79. The van der Waals surface area contributed by atoms with Crippen molar-refractivity contribution >= 4 is 29.9 Å². The normalized spacial score (nSPS) is 10.9. The largest absolute Gasteiger partial charge is 0.372 e. The molecule has 158 valence electrons. The van der Waals surface area contributed by atoms with Gasteiger partial charge < -0.3 is 15.4 Å². The van der Waals surface area contributed by atoms with Gasteiger partial charge in [0, 0.05) is 12.7 Å². The Balaban J connectivity index is 0.00000320. The number of guanidine groups is 1. The van der Waals surface area contributed by atoms with Gasteiger partial charge in [0.15, 0.2) is 5.96 Å². The molecule has 5 nitrogen and oxygen atoms in total. The molecule has 1 heterocycles. The van der Waals surface area contributed by atoms with Crippen LogP contribution >= 0.6 is 24.0 Å². The Morgan fingerprint density at radius 3 is 2.17 bits per heavy atom. The van der Waals surface area contributed by atoms with E-state index >= 15 is 0 Å². The maximum atomic E-state index is 5.80. The van der Waals surface area contributed by atoms with Crippen molar-refractivity contribution in [3.8, 4) is 0 Å². The van der Waals surface area contributed by atoms with Crippen molar-refractivity contribution in [3.05, 3.63) is 101 Å². The molecule has 0 unspecified atom stereocenters. The number of aromatic nitrogens is 1. The molecule has 3 aromatic rings. The molecule has 2 aromatic carbocycles. The van der Waals surface area contributed by atoms with Crippen molar-refractivity contribution in [3.63, 3.8) is 0 Å². The van der Waals surface area contributed by atoms with Crippen LogP contribution < -0.4 is 10.6 Å². The molecule has 0 aliphatic carbocycles. The number of halogens is 1. The number of ether oxygens (including phenoxy) is 1. The molecular weight excluding hydrogens is 487 g/mol. The zero-order valence-electron chi connectivity index (χ0n) is 17.3. The molecule has 0 fully saturated rings. The predicted octanol–water partition coefficient (Wildman–Crippen LogP) is 4.67. The van der Waals surface area contributed by atoms with Crippen LogP contribution in [0.3, 0.4) is 0 Å². The molecule has 1 aromatic heterocycles. The quantitative estimate of drug-likeness (QED) is 0.247. The number of nitrogens with one attached hydrogen (secondary N) is 2. The summed E-state index contributed by atoms with van der Waals surface area (Å²) in [5.41, 5.74) is 4.49. The summed E-state index contributed by atoms with van der Waals surface area (Å²) in [5.74, 6) is 0.786. The lowest BCUT2D eigenvalue weighted by atomic mass is 10.1. The molecule has 0 saturated heterocycles. The van der Waals surface area contributed by atoms with Crippen LogP contribution in [0, 0.1) is 0 Å². The maximum Gasteiger partial charge on any atom is 0.191 e. The first-order valence-corrected chi connectivity index (χ1v) is 9.95. The molecule has 0 saturated carbocycles. The SMILES string of the molecule is CCNC(=NCc1ccc(COCc2ccccc2)cc1)NCc1ccccn1.I. The summed E-state index contributed by atoms with van der Waals surface area (Å²) in [6, 6.07) is 24.5. The lowest BCUT2D eigenvalue weighted by molar-refractivity contribution is 0.107. The lowest BCUT2D eigenvalue weighted by Gasteiger charge is -2.11. The molecular formula is C24H29IN4O. The van der Waals surface area contributed by atoms with E-state index in [2.05, 4.69) is 63.9 Å². The van der Waals surface area contributed by atoms with Crippen LogP contribution in [-0.2, 0) is 31.0 Å². The average Bonchev–Trinajstić information content (AvgIpc) is 2.78. The zero-order valence-corrected chi connectivity index (χ0v) is 19.6. The summed E-state index contributed by atoms with van der Waals surface area (Å²) in [6.07, 6.45) is 1.80. The van der Waals surface area contributed by atoms with Crippen LogP contribution in [0.2, 0.25) is 0 Å². The van der Waals surface area contributed by atoms with Gasteiger partial charge >= 0.3 is 0 Å². The second kappa shape index (κ2) is 13.7. The van der Waals surface area contributed by atoms with Crippen LogP contribution in [0.5, 0.6) is 0 Å². The summed E-state index contributed by atoms with van der Waals surface area (Å²) in [5, 5.41) is 6.59. The Morgan fingerprint density at radius 1 is 0.833 bits per heavy atom. The topological polar surface area (TPSA) is 58.5 Å². The number of hydrogen-bond donors (Lipinski definition) is 2. The molecule has 2 N–H and O–H groups in total. The van der Waals surface area contributed by atoms with Gasteiger partial charge in [0.1, 0.15) is 0 Å². The van der Waals surface area contributed by atoms with Gasteiger partial charge in [0.05, 0.1) is 32.0 Å². The Morgan fingerprint density at radius 2 is 1.50 bits per heavy atom. The maximum absolute atomic E-state index is 5.80. The first-order valence-electron chi connectivity index (χ1n) is 9.95. The van der Waals surface area contributed by atoms with E-state index in [0.717, 1.165) is 29.3 Å². The second-order valence-corrected chi connectivity index (χ2v) is 6.66. The van der Waals surface area contributed by atoms with Crippen LogP contribution in [0.15, 0.2) is 84.0 Å². The monoisotopic (exact) mass is 516 g/mol. The van der Waals surface area contributed by atoms with Crippen molar-refractivity contribution in [2.24, 2.45) is 4.99 Å². The van der Waals surface area contributed by atoms with Crippen LogP contribution in [0.25, 0.3) is 0 Å². The van der Waals surface area contributed by atoms with E-state index in [1.807, 2.05) is 36.4 Å². The van der Waals surface area contributed by atoms with Gasteiger partial charge in [-0.1, -0.05) is 60.7 Å². The van der Waals surface area contributed by atoms with Crippen molar-refractivity contribution in [2.75, 3.05) is 6.54 Å². The van der Waals surface area contributed by atoms with E-state index < -0.39 is 0 Å². The van der Waals surface area contributed by atoms with E-state index in [4.69, 9.17) is 4.74 Å². The van der Waals surface area contributed by atoms with E-state index in [1.165, 1.54) is 5.56 Å². The summed E-state index contributed by atoms with van der Waals surface area (Å²) in [4.78, 5) is 8.99. The standard InChI is InChI=1S/C24H28N4O.HI/c1-2-25-24(28-17-23-10-6-7-15-26-23)27-16-20-11-13-22(14-12-20)19-29-18-21-8-4-3-5-9-21;/h3-15H,2,16-19H2,1H3,(H2,25,27,28);1H. The Hall–Kier alpha value is -2.45. The van der Waals surface area contributed by atoms with Gasteiger partial charge in [-0.3, -0.25) is 4.98 Å². The highest BCUT2D eigenvalue weighted by atomic mass is 127. The highest BCUT2D eigenvalue weighted by molar-refractivity contribution is 14.0. The predicted molar refractivity (Wildman–Crippen MR) is 133 cm³/mol. The molecule has 0 bridgehead atoms. The van der Waals surface area contributed by atoms with E-state index in [0.29, 0.717) is 26.3 Å². The van der Waals surface area contributed by atoms with E-state index in [-0.39, 0.29) is 24.0 Å². The van der Waals surface area contributed by atoms with E-state index in [9.17, 15) is 0 Å². The Kier molecular flexibility index (Phi) is 10.9. The fourth-order valence-corrected chi connectivity index (χ4v) is 2.79.